The molecular weight excluding hydrogens is 223 g/mol. The van der Waals surface area contributed by atoms with E-state index in [9.17, 15) is 18.0 Å². The molecule has 0 fully saturated rings. The smallest absolute Gasteiger partial charge is 0.338 e. The predicted molar refractivity (Wildman–Crippen MR) is 47.4 cm³/mol. The van der Waals surface area contributed by atoms with Gasteiger partial charge in [-0.05, 0) is 12.1 Å². The molecule has 0 amide bonds. The SMILES string of the molecule is COC(=O)c1cc(F)cc(C#N)c1C(F)F. The number of carbonyl (C=O) groups is 1. The number of nitriles is 1. The Hall–Kier alpha value is -2.03. The number of alkyl halides is 2. The van der Waals surface area contributed by atoms with Gasteiger partial charge in [-0.1, -0.05) is 0 Å². The summed E-state index contributed by atoms with van der Waals surface area (Å²) in [4.78, 5) is 11.1. The number of hydrogen-bond donors (Lipinski definition) is 0. The highest BCUT2D eigenvalue weighted by Crippen LogP contribution is 2.28. The minimum atomic E-state index is -3.05. The van der Waals surface area contributed by atoms with E-state index in [1.807, 2.05) is 0 Å². The fourth-order valence-electron chi connectivity index (χ4n) is 1.22. The molecule has 1 aromatic carbocycles. The van der Waals surface area contributed by atoms with Crippen LogP contribution < -0.4 is 0 Å². The van der Waals surface area contributed by atoms with Crippen LogP contribution >= 0.6 is 0 Å². The van der Waals surface area contributed by atoms with Gasteiger partial charge in [-0.15, -0.1) is 0 Å². The van der Waals surface area contributed by atoms with Crippen LogP contribution in [-0.2, 0) is 4.74 Å². The summed E-state index contributed by atoms with van der Waals surface area (Å²) in [7, 11) is 0.981. The van der Waals surface area contributed by atoms with Gasteiger partial charge in [-0.25, -0.2) is 18.0 Å². The van der Waals surface area contributed by atoms with Crippen LogP contribution in [0.1, 0.15) is 27.9 Å². The lowest BCUT2D eigenvalue weighted by Crippen LogP contribution is -2.09. The molecule has 0 heterocycles. The third-order valence-corrected chi connectivity index (χ3v) is 1.89. The number of rotatable bonds is 2. The number of halogens is 3. The van der Waals surface area contributed by atoms with Crippen molar-refractivity contribution in [1.29, 1.82) is 5.26 Å². The van der Waals surface area contributed by atoms with Crippen LogP contribution in [0, 0.1) is 17.1 Å². The van der Waals surface area contributed by atoms with Crippen molar-refractivity contribution in [3.63, 3.8) is 0 Å². The Bertz CT molecular complexity index is 466. The first-order chi connectivity index (χ1) is 7.51. The molecule has 6 heteroatoms. The highest BCUT2D eigenvalue weighted by atomic mass is 19.3. The quantitative estimate of drug-likeness (QED) is 0.731. The van der Waals surface area contributed by atoms with E-state index in [0.29, 0.717) is 12.1 Å². The second-order valence-electron chi connectivity index (χ2n) is 2.82. The highest BCUT2D eigenvalue weighted by Gasteiger charge is 2.24. The van der Waals surface area contributed by atoms with Gasteiger partial charge in [0.05, 0.1) is 29.9 Å². The van der Waals surface area contributed by atoms with Crippen LogP contribution in [0.15, 0.2) is 12.1 Å². The summed E-state index contributed by atoms with van der Waals surface area (Å²) < 4.78 is 42.4. The van der Waals surface area contributed by atoms with Crippen LogP contribution in [0.4, 0.5) is 13.2 Å². The molecule has 1 rings (SSSR count). The highest BCUT2D eigenvalue weighted by molar-refractivity contribution is 5.91. The van der Waals surface area contributed by atoms with E-state index >= 15 is 0 Å². The van der Waals surface area contributed by atoms with Crippen molar-refractivity contribution in [2.24, 2.45) is 0 Å². The van der Waals surface area contributed by atoms with Gasteiger partial charge in [0, 0.05) is 0 Å². The van der Waals surface area contributed by atoms with Crippen molar-refractivity contribution in [1.82, 2.24) is 0 Å². The Morgan fingerprint density at radius 1 is 1.50 bits per heavy atom. The van der Waals surface area contributed by atoms with Gasteiger partial charge in [-0.3, -0.25) is 0 Å². The zero-order chi connectivity index (χ0) is 12.3. The normalized spacial score (nSPS) is 10.0. The summed E-state index contributed by atoms with van der Waals surface area (Å²) >= 11 is 0. The Labute approximate surface area is 89.1 Å². The maximum absolute atomic E-state index is 13.0. The first kappa shape index (κ1) is 12.0. The molecule has 0 aliphatic carbocycles. The summed E-state index contributed by atoms with van der Waals surface area (Å²) in [6.45, 7) is 0. The number of benzene rings is 1. The molecule has 84 valence electrons. The number of hydrogen-bond acceptors (Lipinski definition) is 3. The molecule has 0 spiro atoms. The van der Waals surface area contributed by atoms with Gasteiger partial charge in [0.1, 0.15) is 5.82 Å². The zero-order valence-electron chi connectivity index (χ0n) is 8.13. The van der Waals surface area contributed by atoms with Gasteiger partial charge in [-0.2, -0.15) is 5.26 Å². The summed E-state index contributed by atoms with van der Waals surface area (Å²) in [5.41, 5.74) is -2.01. The molecule has 0 aliphatic heterocycles. The van der Waals surface area contributed by atoms with Gasteiger partial charge in [0.25, 0.3) is 6.43 Å². The lowest BCUT2D eigenvalue weighted by Gasteiger charge is -2.08. The average Bonchev–Trinajstić information content (AvgIpc) is 2.26. The predicted octanol–water partition coefficient (Wildman–Crippen LogP) is 2.42. The number of carbonyl (C=O) groups excluding carboxylic acids is 1. The van der Waals surface area contributed by atoms with E-state index in [4.69, 9.17) is 5.26 Å². The number of nitrogens with zero attached hydrogens (tertiary/aromatic N) is 1. The van der Waals surface area contributed by atoms with E-state index in [1.54, 1.807) is 0 Å². The standard InChI is InChI=1S/C10H6F3NO2/c1-16-10(15)7-3-6(11)2-5(4-14)8(7)9(12)13/h2-3,9H,1H3. The van der Waals surface area contributed by atoms with Crippen molar-refractivity contribution >= 4 is 5.97 Å². The fraction of sp³-hybridized carbons (Fsp3) is 0.200. The van der Waals surface area contributed by atoms with E-state index in [2.05, 4.69) is 4.74 Å². The molecular formula is C10H6F3NO2. The molecule has 1 aromatic rings. The number of methoxy groups -OCH3 is 1. The number of esters is 1. The Kier molecular flexibility index (Phi) is 3.51. The lowest BCUT2D eigenvalue weighted by atomic mass is 10.0. The number of ether oxygens (including phenoxy) is 1. The Morgan fingerprint density at radius 2 is 2.12 bits per heavy atom. The van der Waals surface area contributed by atoms with Gasteiger partial charge in [0.2, 0.25) is 0 Å². The minimum absolute atomic E-state index is 0.574. The Morgan fingerprint density at radius 3 is 2.56 bits per heavy atom. The second-order valence-corrected chi connectivity index (χ2v) is 2.82. The first-order valence-electron chi connectivity index (χ1n) is 4.11. The maximum atomic E-state index is 13.0. The van der Waals surface area contributed by atoms with Crippen LogP contribution in [0.2, 0.25) is 0 Å². The maximum Gasteiger partial charge on any atom is 0.338 e. The third-order valence-electron chi connectivity index (χ3n) is 1.89. The summed E-state index contributed by atoms with van der Waals surface area (Å²) in [6, 6.07) is 2.68. The monoisotopic (exact) mass is 229 g/mol. The molecule has 0 saturated carbocycles. The minimum Gasteiger partial charge on any atom is -0.465 e. The molecule has 0 bridgehead atoms. The van der Waals surface area contributed by atoms with Crippen LogP contribution in [-0.4, -0.2) is 13.1 Å². The fourth-order valence-corrected chi connectivity index (χ4v) is 1.22. The molecule has 0 aliphatic rings. The Balaban J connectivity index is 3.52. The van der Waals surface area contributed by atoms with Crippen LogP contribution in [0.25, 0.3) is 0 Å². The van der Waals surface area contributed by atoms with E-state index in [-0.39, 0.29) is 0 Å². The van der Waals surface area contributed by atoms with Crippen molar-refractivity contribution in [2.75, 3.05) is 7.11 Å². The lowest BCUT2D eigenvalue weighted by molar-refractivity contribution is 0.0588. The largest absolute Gasteiger partial charge is 0.465 e. The average molecular weight is 229 g/mol. The van der Waals surface area contributed by atoms with Gasteiger partial charge < -0.3 is 4.74 Å². The van der Waals surface area contributed by atoms with Crippen molar-refractivity contribution in [3.05, 3.63) is 34.6 Å². The molecule has 0 atom stereocenters. The van der Waals surface area contributed by atoms with Crippen LogP contribution in [0.5, 0.6) is 0 Å². The first-order valence-corrected chi connectivity index (χ1v) is 4.11. The van der Waals surface area contributed by atoms with E-state index in [0.717, 1.165) is 7.11 Å². The van der Waals surface area contributed by atoms with Crippen molar-refractivity contribution < 1.29 is 22.7 Å². The molecule has 0 radical (unpaired) electrons. The molecule has 0 N–H and O–H groups in total. The van der Waals surface area contributed by atoms with Crippen molar-refractivity contribution in [3.8, 4) is 6.07 Å². The summed E-state index contributed by atoms with van der Waals surface area (Å²) in [5, 5.41) is 8.57. The summed E-state index contributed by atoms with van der Waals surface area (Å²) in [6.07, 6.45) is -3.05. The van der Waals surface area contributed by atoms with Gasteiger partial charge in [0.15, 0.2) is 0 Å². The van der Waals surface area contributed by atoms with Crippen LogP contribution in [0.3, 0.4) is 0 Å². The molecule has 0 aromatic heterocycles. The molecule has 3 nitrogen and oxygen atoms in total. The zero-order valence-corrected chi connectivity index (χ0v) is 8.13. The topological polar surface area (TPSA) is 50.1 Å². The molecule has 16 heavy (non-hydrogen) atoms. The second kappa shape index (κ2) is 4.66. The summed E-state index contributed by atoms with van der Waals surface area (Å²) in [5.74, 6) is -2.05. The molecule has 0 saturated heterocycles. The van der Waals surface area contributed by atoms with E-state index < -0.39 is 34.9 Å². The van der Waals surface area contributed by atoms with Gasteiger partial charge >= 0.3 is 5.97 Å². The van der Waals surface area contributed by atoms with Crippen molar-refractivity contribution in [2.45, 2.75) is 6.43 Å². The third kappa shape index (κ3) is 2.14. The van der Waals surface area contributed by atoms with E-state index in [1.165, 1.54) is 6.07 Å². The molecule has 0 unspecified atom stereocenters.